The Hall–Kier alpha value is -7.10. The van der Waals surface area contributed by atoms with Crippen LogP contribution in [0.1, 0.15) is 0 Å². The molecule has 10 aromatic rings. The van der Waals surface area contributed by atoms with Crippen LogP contribution in [0, 0.1) is 0 Å². The minimum atomic E-state index is 1.07. The number of aromatic nitrogens is 1. The average Bonchev–Trinajstić information content (AvgIpc) is 3.56. The van der Waals surface area contributed by atoms with Crippen LogP contribution in [0.15, 0.2) is 212 Å². The van der Waals surface area contributed by atoms with E-state index in [1.54, 1.807) is 0 Å². The topological polar surface area (TPSA) is 11.4 Å². The van der Waals surface area contributed by atoms with Gasteiger partial charge in [-0.15, -0.1) is 0 Å². The zero-order valence-corrected chi connectivity index (χ0v) is 29.0. The minimum Gasteiger partial charge on any atom is -0.310 e. The molecule has 10 rings (SSSR count). The monoisotopic (exact) mass is 677 g/mol. The highest BCUT2D eigenvalue weighted by atomic mass is 15.2. The van der Waals surface area contributed by atoms with Crippen molar-refractivity contribution in [2.45, 2.75) is 0 Å². The fraction of sp³-hybridized carbons (Fsp3) is 0. The number of nitrogens with zero attached hydrogens (tertiary/aromatic N) is 3. The van der Waals surface area contributed by atoms with Gasteiger partial charge in [0.15, 0.2) is 0 Å². The average molecular weight is 678 g/mol. The molecule has 0 bridgehead atoms. The number of anilines is 6. The van der Waals surface area contributed by atoms with Crippen LogP contribution in [0.5, 0.6) is 0 Å². The summed E-state index contributed by atoms with van der Waals surface area (Å²) < 4.78 is 2.45. The molecule has 0 N–H and O–H groups in total. The number of hydrogen-bond acceptors (Lipinski definition) is 2. The van der Waals surface area contributed by atoms with Crippen LogP contribution in [0.4, 0.5) is 34.1 Å². The Kier molecular flexibility index (Phi) is 7.47. The molecule has 0 atom stereocenters. The molecule has 0 saturated heterocycles. The van der Waals surface area contributed by atoms with Gasteiger partial charge in [0, 0.05) is 39.2 Å². The number of para-hydroxylation sites is 4. The van der Waals surface area contributed by atoms with E-state index in [0.717, 1.165) is 50.8 Å². The van der Waals surface area contributed by atoms with E-state index in [1.165, 1.54) is 32.3 Å². The van der Waals surface area contributed by atoms with E-state index in [2.05, 4.69) is 227 Å². The van der Waals surface area contributed by atoms with Crippen LogP contribution in [-0.2, 0) is 0 Å². The van der Waals surface area contributed by atoms with Crippen LogP contribution in [-0.4, -0.2) is 4.57 Å². The van der Waals surface area contributed by atoms with E-state index in [4.69, 9.17) is 0 Å². The van der Waals surface area contributed by atoms with E-state index in [9.17, 15) is 0 Å². The lowest BCUT2D eigenvalue weighted by Crippen LogP contribution is -2.14. The van der Waals surface area contributed by atoms with Crippen LogP contribution in [0.3, 0.4) is 0 Å². The maximum absolute atomic E-state index is 2.45. The quantitative estimate of drug-likeness (QED) is 0.166. The standard InChI is InChI=1S/C50H35N3/c1-4-20-40(21-5-1)51(41-22-6-2-7-23-41)45-34-48(52(42-24-8-3-9-25-42)43-30-28-36-16-10-12-18-38(36)32-43)50-46-26-14-15-27-47(46)53(49(50)35-45)44-31-29-37-17-11-13-19-39(37)33-44/h1-35H. The van der Waals surface area contributed by atoms with Gasteiger partial charge in [-0.05, 0) is 100 Å². The summed E-state index contributed by atoms with van der Waals surface area (Å²) in [6, 6.07) is 76.5. The highest BCUT2D eigenvalue weighted by Gasteiger charge is 2.25. The van der Waals surface area contributed by atoms with Gasteiger partial charge in [-0.2, -0.15) is 0 Å². The SMILES string of the molecule is c1ccc(N(c2ccccc2)c2cc(N(c3ccccc3)c3ccc4ccccc4c3)c3c4ccccc4n(-c4ccc5ccccc5c4)c3c2)cc1. The van der Waals surface area contributed by atoms with Crippen LogP contribution < -0.4 is 9.80 Å². The molecule has 0 unspecified atom stereocenters. The summed E-state index contributed by atoms with van der Waals surface area (Å²) in [7, 11) is 0. The van der Waals surface area contributed by atoms with Crippen molar-refractivity contribution in [3.8, 4) is 5.69 Å². The molecule has 0 saturated carbocycles. The molecule has 250 valence electrons. The molecule has 0 fully saturated rings. The molecular formula is C50H35N3. The van der Waals surface area contributed by atoms with E-state index in [0.29, 0.717) is 0 Å². The molecule has 1 aromatic heterocycles. The van der Waals surface area contributed by atoms with E-state index < -0.39 is 0 Å². The van der Waals surface area contributed by atoms with Gasteiger partial charge in [-0.1, -0.05) is 133 Å². The number of fused-ring (bicyclic) bond motifs is 5. The second-order valence-corrected chi connectivity index (χ2v) is 13.5. The first-order chi connectivity index (χ1) is 26.3. The zero-order valence-electron chi connectivity index (χ0n) is 29.0. The van der Waals surface area contributed by atoms with Crippen molar-refractivity contribution in [3.63, 3.8) is 0 Å². The Balaban J connectivity index is 1.35. The fourth-order valence-corrected chi connectivity index (χ4v) is 7.88. The van der Waals surface area contributed by atoms with Gasteiger partial charge in [-0.25, -0.2) is 0 Å². The van der Waals surface area contributed by atoms with Gasteiger partial charge >= 0.3 is 0 Å². The lowest BCUT2D eigenvalue weighted by Gasteiger charge is -2.30. The predicted molar refractivity (Wildman–Crippen MR) is 225 cm³/mol. The van der Waals surface area contributed by atoms with Gasteiger partial charge < -0.3 is 14.4 Å². The molecule has 3 heteroatoms. The van der Waals surface area contributed by atoms with Crippen molar-refractivity contribution in [2.24, 2.45) is 0 Å². The van der Waals surface area contributed by atoms with Crippen molar-refractivity contribution >= 4 is 77.5 Å². The molecule has 0 aliphatic heterocycles. The zero-order chi connectivity index (χ0) is 35.1. The maximum Gasteiger partial charge on any atom is 0.0583 e. The Morgan fingerprint density at radius 3 is 1.45 bits per heavy atom. The lowest BCUT2D eigenvalue weighted by atomic mass is 10.0. The molecule has 0 radical (unpaired) electrons. The van der Waals surface area contributed by atoms with Gasteiger partial charge in [0.2, 0.25) is 0 Å². The fourth-order valence-electron chi connectivity index (χ4n) is 7.88. The molecule has 0 aliphatic rings. The summed E-state index contributed by atoms with van der Waals surface area (Å²) in [5.74, 6) is 0. The Morgan fingerprint density at radius 1 is 0.302 bits per heavy atom. The third-order valence-electron chi connectivity index (χ3n) is 10.3. The highest BCUT2D eigenvalue weighted by Crippen LogP contribution is 2.48. The Labute approximate surface area is 308 Å². The first kappa shape index (κ1) is 30.7. The third-order valence-corrected chi connectivity index (χ3v) is 10.3. The van der Waals surface area contributed by atoms with Crippen molar-refractivity contribution in [3.05, 3.63) is 212 Å². The smallest absolute Gasteiger partial charge is 0.0583 e. The van der Waals surface area contributed by atoms with Gasteiger partial charge in [-0.3, -0.25) is 0 Å². The van der Waals surface area contributed by atoms with Gasteiger partial charge in [0.1, 0.15) is 0 Å². The number of hydrogen-bond donors (Lipinski definition) is 0. The normalized spacial score (nSPS) is 11.4. The van der Waals surface area contributed by atoms with Crippen LogP contribution >= 0.6 is 0 Å². The van der Waals surface area contributed by atoms with Crippen molar-refractivity contribution in [1.82, 2.24) is 4.57 Å². The predicted octanol–water partition coefficient (Wildman–Crippen LogP) is 14.0. The maximum atomic E-state index is 2.45. The van der Waals surface area contributed by atoms with Crippen LogP contribution in [0.25, 0.3) is 49.0 Å². The van der Waals surface area contributed by atoms with Crippen LogP contribution in [0.2, 0.25) is 0 Å². The second kappa shape index (κ2) is 12.9. The van der Waals surface area contributed by atoms with Gasteiger partial charge in [0.05, 0.1) is 22.4 Å². The molecule has 9 aromatic carbocycles. The number of benzene rings is 9. The lowest BCUT2D eigenvalue weighted by molar-refractivity contribution is 1.18. The van der Waals surface area contributed by atoms with Crippen molar-refractivity contribution in [1.29, 1.82) is 0 Å². The Bertz CT molecular complexity index is 2860. The Morgan fingerprint density at radius 2 is 0.811 bits per heavy atom. The van der Waals surface area contributed by atoms with E-state index in [1.807, 2.05) is 0 Å². The summed E-state index contributed by atoms with van der Waals surface area (Å²) in [6.07, 6.45) is 0. The number of rotatable bonds is 7. The molecule has 0 aliphatic carbocycles. The summed E-state index contributed by atoms with van der Waals surface area (Å²) in [5.41, 5.74) is 9.96. The molecular weight excluding hydrogens is 643 g/mol. The van der Waals surface area contributed by atoms with Crippen molar-refractivity contribution < 1.29 is 0 Å². The minimum absolute atomic E-state index is 1.07. The summed E-state index contributed by atoms with van der Waals surface area (Å²) in [6.45, 7) is 0. The largest absolute Gasteiger partial charge is 0.310 e. The summed E-state index contributed by atoms with van der Waals surface area (Å²) in [5, 5.41) is 7.25. The molecule has 1 heterocycles. The van der Waals surface area contributed by atoms with Crippen molar-refractivity contribution in [2.75, 3.05) is 9.80 Å². The summed E-state index contributed by atoms with van der Waals surface area (Å²) >= 11 is 0. The highest BCUT2D eigenvalue weighted by molar-refractivity contribution is 6.18. The molecule has 0 amide bonds. The molecule has 0 spiro atoms. The second-order valence-electron chi connectivity index (χ2n) is 13.5. The molecule has 3 nitrogen and oxygen atoms in total. The third kappa shape index (κ3) is 5.38. The first-order valence-electron chi connectivity index (χ1n) is 18.1. The molecule has 53 heavy (non-hydrogen) atoms. The van der Waals surface area contributed by atoms with E-state index >= 15 is 0 Å². The summed E-state index contributed by atoms with van der Waals surface area (Å²) in [4.78, 5) is 4.80. The first-order valence-corrected chi connectivity index (χ1v) is 18.1. The van der Waals surface area contributed by atoms with Gasteiger partial charge in [0.25, 0.3) is 0 Å². The van der Waals surface area contributed by atoms with E-state index in [-0.39, 0.29) is 0 Å².